The molecule has 0 saturated heterocycles. The summed E-state index contributed by atoms with van der Waals surface area (Å²) in [6, 6.07) is 8.87. The molecule has 0 amide bonds. The van der Waals surface area contributed by atoms with Crippen molar-refractivity contribution in [3.63, 3.8) is 0 Å². The van der Waals surface area contributed by atoms with E-state index in [2.05, 4.69) is 0 Å². The van der Waals surface area contributed by atoms with Gasteiger partial charge in [0.05, 0.1) is 25.0 Å². The molecule has 1 aromatic carbocycles. The predicted molar refractivity (Wildman–Crippen MR) is 69.5 cm³/mol. The fourth-order valence-electron chi connectivity index (χ4n) is 2.67. The fraction of sp³-hybridized carbons (Fsp3) is 0.462. The van der Waals surface area contributed by atoms with Gasteiger partial charge >= 0.3 is 0 Å². The van der Waals surface area contributed by atoms with Crippen LogP contribution in [0.25, 0.3) is 0 Å². The zero-order chi connectivity index (χ0) is 14.3. The lowest BCUT2D eigenvalue weighted by Gasteiger charge is -2.04. The first-order valence-electron chi connectivity index (χ1n) is 5.75. The van der Waals surface area contributed by atoms with E-state index in [1.165, 1.54) is 0 Å². The molecule has 1 saturated carbocycles. The molecule has 1 aliphatic rings. The normalized spacial score (nSPS) is 29.6. The van der Waals surface area contributed by atoms with Gasteiger partial charge in [-0.3, -0.25) is 0 Å². The maximum Gasteiger partial charge on any atom is 0.152 e. The minimum absolute atomic E-state index is 0.460. The fourth-order valence-corrected chi connectivity index (χ4v) is 4.53. The molecule has 0 unspecified atom stereocenters. The summed E-state index contributed by atoms with van der Waals surface area (Å²) < 4.78 is 28.5. The van der Waals surface area contributed by atoms with Crippen molar-refractivity contribution in [2.24, 2.45) is 5.41 Å². The van der Waals surface area contributed by atoms with Gasteiger partial charge in [-0.05, 0) is 17.7 Å². The highest BCUT2D eigenvalue weighted by Gasteiger charge is 2.70. The van der Waals surface area contributed by atoms with Crippen molar-refractivity contribution in [3.8, 4) is 11.8 Å². The molecule has 102 valence electrons. The van der Waals surface area contributed by atoms with Crippen LogP contribution in [0.3, 0.4) is 0 Å². The Hall–Kier alpha value is -1.58. The molecular formula is C13H15NO4S. The zero-order valence-corrected chi connectivity index (χ0v) is 11.5. The lowest BCUT2D eigenvalue weighted by atomic mass is 10.0. The maximum absolute atomic E-state index is 11.7. The molecule has 0 heterocycles. The summed E-state index contributed by atoms with van der Waals surface area (Å²) in [6.07, 6.45) is 1.10. The van der Waals surface area contributed by atoms with Crippen molar-refractivity contribution in [3.05, 3.63) is 29.8 Å². The van der Waals surface area contributed by atoms with Gasteiger partial charge in [0.2, 0.25) is 0 Å². The average Bonchev–Trinajstić information content (AvgIpc) is 3.09. The molecule has 19 heavy (non-hydrogen) atoms. The molecule has 1 aliphatic carbocycles. The quantitative estimate of drug-likeness (QED) is 0.878. The number of hydrogen-bond donors (Lipinski definition) is 1. The molecule has 0 aromatic heterocycles. The lowest BCUT2D eigenvalue weighted by Crippen LogP contribution is -2.16. The predicted octanol–water partition coefficient (Wildman–Crippen LogP) is 0.708. The van der Waals surface area contributed by atoms with Gasteiger partial charge in [0.1, 0.15) is 11.2 Å². The molecule has 0 bridgehead atoms. The summed E-state index contributed by atoms with van der Waals surface area (Å²) in [7, 11) is -1.85. The van der Waals surface area contributed by atoms with E-state index in [-0.39, 0.29) is 0 Å². The number of aliphatic hydroxyl groups is 1. The van der Waals surface area contributed by atoms with E-state index in [1.807, 2.05) is 6.07 Å². The van der Waals surface area contributed by atoms with Gasteiger partial charge in [-0.15, -0.1) is 0 Å². The number of nitrogens with zero attached hydrogens (tertiary/aromatic N) is 1. The van der Waals surface area contributed by atoms with E-state index in [4.69, 9.17) is 4.74 Å². The summed E-state index contributed by atoms with van der Waals surface area (Å²) in [5, 5.41) is 17.8. The van der Waals surface area contributed by atoms with Gasteiger partial charge in [-0.2, -0.15) is 5.26 Å². The third-order valence-electron chi connectivity index (χ3n) is 3.66. The van der Waals surface area contributed by atoms with E-state index >= 15 is 0 Å². The van der Waals surface area contributed by atoms with Crippen LogP contribution in [-0.2, 0) is 9.84 Å². The molecule has 0 spiro atoms. The average molecular weight is 281 g/mol. The van der Waals surface area contributed by atoms with Crippen molar-refractivity contribution in [2.75, 3.05) is 20.0 Å². The Kier molecular flexibility index (Phi) is 3.29. The number of aliphatic hydroxyl groups excluding tert-OH is 1. The van der Waals surface area contributed by atoms with Gasteiger partial charge in [0.25, 0.3) is 0 Å². The summed E-state index contributed by atoms with van der Waals surface area (Å²) in [4.78, 5) is 0. The van der Waals surface area contributed by atoms with E-state index in [1.54, 1.807) is 31.4 Å². The highest BCUT2D eigenvalue weighted by molar-refractivity contribution is 7.91. The number of methoxy groups -OCH3 is 1. The number of benzene rings is 1. The first-order valence-corrected chi connectivity index (χ1v) is 7.71. The van der Waals surface area contributed by atoms with Gasteiger partial charge in [0, 0.05) is 12.2 Å². The number of sulfone groups is 1. The first-order chi connectivity index (χ1) is 8.90. The second-order valence-electron chi connectivity index (χ2n) is 4.81. The maximum atomic E-state index is 11.7. The van der Waals surface area contributed by atoms with Crippen LogP contribution in [-0.4, -0.2) is 38.7 Å². The monoisotopic (exact) mass is 281 g/mol. The molecular weight excluding hydrogens is 266 g/mol. The number of hydrogen-bond acceptors (Lipinski definition) is 5. The molecule has 1 fully saturated rings. The van der Waals surface area contributed by atoms with Crippen molar-refractivity contribution in [2.45, 2.75) is 11.2 Å². The Morgan fingerprint density at radius 3 is 2.32 bits per heavy atom. The zero-order valence-electron chi connectivity index (χ0n) is 10.7. The largest absolute Gasteiger partial charge is 0.497 e. The molecule has 6 heteroatoms. The van der Waals surface area contributed by atoms with Crippen LogP contribution in [0, 0.1) is 16.7 Å². The minimum atomic E-state index is -3.39. The van der Waals surface area contributed by atoms with Crippen LogP contribution < -0.4 is 4.74 Å². The van der Waals surface area contributed by atoms with Crippen molar-refractivity contribution >= 4 is 9.84 Å². The molecule has 0 aliphatic heterocycles. The van der Waals surface area contributed by atoms with E-state index in [0.717, 1.165) is 11.8 Å². The highest BCUT2D eigenvalue weighted by atomic mass is 32.2. The molecule has 2 rings (SSSR count). The van der Waals surface area contributed by atoms with Gasteiger partial charge < -0.3 is 9.84 Å². The molecule has 0 radical (unpaired) electrons. The number of rotatable bonds is 4. The van der Waals surface area contributed by atoms with Crippen molar-refractivity contribution in [1.82, 2.24) is 0 Å². The smallest absolute Gasteiger partial charge is 0.152 e. The van der Waals surface area contributed by atoms with Gasteiger partial charge in [0.15, 0.2) is 9.84 Å². The van der Waals surface area contributed by atoms with E-state index < -0.39 is 33.0 Å². The SMILES string of the molecule is COc1ccc([C@@H]2[C@H](S(C)(=O)=O)[C@]2(C#N)CO)cc1. The summed E-state index contributed by atoms with van der Waals surface area (Å²) in [6.45, 7) is -0.460. The Labute approximate surface area is 112 Å². The second-order valence-corrected chi connectivity index (χ2v) is 6.98. The third-order valence-corrected chi connectivity index (χ3v) is 5.28. The molecule has 3 atom stereocenters. The summed E-state index contributed by atoms with van der Waals surface area (Å²) in [5.41, 5.74) is -0.492. The van der Waals surface area contributed by atoms with Crippen LogP contribution in [0.4, 0.5) is 0 Å². The lowest BCUT2D eigenvalue weighted by molar-refractivity contribution is 0.242. The van der Waals surface area contributed by atoms with Crippen molar-refractivity contribution in [1.29, 1.82) is 5.26 Å². The van der Waals surface area contributed by atoms with Crippen LogP contribution in [0.2, 0.25) is 0 Å². The summed E-state index contributed by atoms with van der Waals surface area (Å²) in [5.74, 6) is 0.176. The van der Waals surface area contributed by atoms with Gasteiger partial charge in [-0.25, -0.2) is 8.42 Å². The Balaban J connectivity index is 2.41. The Morgan fingerprint density at radius 1 is 1.42 bits per heavy atom. The summed E-state index contributed by atoms with van der Waals surface area (Å²) >= 11 is 0. The van der Waals surface area contributed by atoms with Crippen LogP contribution in [0.5, 0.6) is 5.75 Å². The number of nitriles is 1. The highest BCUT2D eigenvalue weighted by Crippen LogP contribution is 2.62. The third kappa shape index (κ3) is 2.09. The van der Waals surface area contributed by atoms with E-state index in [9.17, 15) is 18.8 Å². The number of ether oxygens (including phenoxy) is 1. The Bertz CT molecular complexity index is 617. The van der Waals surface area contributed by atoms with Crippen LogP contribution in [0.1, 0.15) is 11.5 Å². The van der Waals surface area contributed by atoms with Crippen molar-refractivity contribution < 1.29 is 18.3 Å². The minimum Gasteiger partial charge on any atom is -0.497 e. The topological polar surface area (TPSA) is 87.4 Å². The standard InChI is InChI=1S/C13H15NO4S/c1-18-10-5-3-9(4-6-10)11-12(19(2,16)17)13(11,7-14)8-15/h3-6,11-12,15H,8H2,1-2H3/t11-,12+,13-/m1/s1. The van der Waals surface area contributed by atoms with Gasteiger partial charge in [-0.1, -0.05) is 12.1 Å². The van der Waals surface area contributed by atoms with Crippen LogP contribution >= 0.6 is 0 Å². The molecule has 1 N–H and O–H groups in total. The Morgan fingerprint density at radius 2 is 2.00 bits per heavy atom. The second kappa shape index (κ2) is 4.51. The molecule has 5 nitrogen and oxygen atoms in total. The first kappa shape index (κ1) is 13.8. The molecule has 1 aromatic rings. The van der Waals surface area contributed by atoms with E-state index in [0.29, 0.717) is 5.75 Å². The van der Waals surface area contributed by atoms with Crippen LogP contribution in [0.15, 0.2) is 24.3 Å².